The van der Waals surface area contributed by atoms with Gasteiger partial charge in [-0.1, -0.05) is 23.7 Å². The van der Waals surface area contributed by atoms with Crippen LogP contribution in [0.5, 0.6) is 5.75 Å². The standard InChI is InChI=1S/C12H9ClN2O5S/c13-8-3-1-4-9(7-8)21(19,20)14-12-10(15(17)18)5-2-6-11(12)16/h1-7,14,16H. The van der Waals surface area contributed by atoms with Gasteiger partial charge in [0, 0.05) is 11.1 Å². The number of nitrogens with zero attached hydrogens (tertiary/aromatic N) is 1. The summed E-state index contributed by atoms with van der Waals surface area (Å²) in [5.41, 5.74) is -1.05. The Morgan fingerprint density at radius 3 is 2.48 bits per heavy atom. The number of hydrogen-bond acceptors (Lipinski definition) is 5. The van der Waals surface area contributed by atoms with E-state index in [9.17, 15) is 23.6 Å². The first-order valence-electron chi connectivity index (χ1n) is 5.56. The number of phenolic OH excluding ortho intramolecular Hbond substituents is 1. The molecule has 0 saturated carbocycles. The molecule has 0 aliphatic heterocycles. The van der Waals surface area contributed by atoms with E-state index in [2.05, 4.69) is 0 Å². The van der Waals surface area contributed by atoms with Gasteiger partial charge in [0.25, 0.3) is 15.7 Å². The smallest absolute Gasteiger partial charge is 0.297 e. The van der Waals surface area contributed by atoms with Crippen LogP contribution in [0.2, 0.25) is 5.02 Å². The number of halogens is 1. The highest BCUT2D eigenvalue weighted by Gasteiger charge is 2.23. The van der Waals surface area contributed by atoms with Crippen molar-refractivity contribution in [1.82, 2.24) is 0 Å². The lowest BCUT2D eigenvalue weighted by Crippen LogP contribution is -2.14. The minimum Gasteiger partial charge on any atom is -0.505 e. The molecule has 2 N–H and O–H groups in total. The molecule has 0 spiro atoms. The van der Waals surface area contributed by atoms with Crippen LogP contribution in [0.4, 0.5) is 11.4 Å². The maximum atomic E-state index is 12.2. The lowest BCUT2D eigenvalue weighted by atomic mass is 10.2. The van der Waals surface area contributed by atoms with Crippen LogP contribution < -0.4 is 4.72 Å². The average Bonchev–Trinajstić information content (AvgIpc) is 2.40. The van der Waals surface area contributed by atoms with E-state index in [4.69, 9.17) is 11.6 Å². The molecular weight excluding hydrogens is 320 g/mol. The van der Waals surface area contributed by atoms with Gasteiger partial charge in [-0.3, -0.25) is 14.8 Å². The van der Waals surface area contributed by atoms with Crippen LogP contribution in [0.1, 0.15) is 0 Å². The molecule has 0 radical (unpaired) electrons. The van der Waals surface area contributed by atoms with Gasteiger partial charge in [-0.05, 0) is 24.3 Å². The van der Waals surface area contributed by atoms with Gasteiger partial charge < -0.3 is 5.11 Å². The molecule has 0 atom stereocenters. The van der Waals surface area contributed by atoms with E-state index in [-0.39, 0.29) is 9.92 Å². The van der Waals surface area contributed by atoms with Crippen molar-refractivity contribution in [3.63, 3.8) is 0 Å². The average molecular weight is 329 g/mol. The molecule has 110 valence electrons. The third-order valence-corrected chi connectivity index (χ3v) is 4.14. The molecule has 7 nitrogen and oxygen atoms in total. The Balaban J connectivity index is 2.49. The first kappa shape index (κ1) is 15.1. The van der Waals surface area contributed by atoms with Gasteiger partial charge in [-0.15, -0.1) is 0 Å². The van der Waals surface area contributed by atoms with Crippen LogP contribution in [-0.4, -0.2) is 18.4 Å². The number of benzene rings is 2. The van der Waals surface area contributed by atoms with Crippen molar-refractivity contribution >= 4 is 33.0 Å². The van der Waals surface area contributed by atoms with Crippen LogP contribution in [-0.2, 0) is 10.0 Å². The minimum absolute atomic E-state index is 0.174. The van der Waals surface area contributed by atoms with Gasteiger partial charge in [0.15, 0.2) is 5.69 Å². The largest absolute Gasteiger partial charge is 0.505 e. The summed E-state index contributed by atoms with van der Waals surface area (Å²) in [4.78, 5) is 9.92. The normalized spacial score (nSPS) is 11.1. The summed E-state index contributed by atoms with van der Waals surface area (Å²) in [6, 6.07) is 8.85. The maximum Gasteiger partial charge on any atom is 0.297 e. The van der Waals surface area contributed by atoms with E-state index in [0.29, 0.717) is 0 Å². The van der Waals surface area contributed by atoms with E-state index < -0.39 is 32.1 Å². The first-order chi connectivity index (χ1) is 9.81. The molecule has 0 fully saturated rings. The summed E-state index contributed by atoms with van der Waals surface area (Å²) >= 11 is 5.72. The maximum absolute atomic E-state index is 12.2. The van der Waals surface area contributed by atoms with Crippen LogP contribution in [0.3, 0.4) is 0 Å². The van der Waals surface area contributed by atoms with Crippen molar-refractivity contribution < 1.29 is 18.4 Å². The zero-order valence-electron chi connectivity index (χ0n) is 10.4. The third-order valence-electron chi connectivity index (χ3n) is 2.56. The van der Waals surface area contributed by atoms with E-state index >= 15 is 0 Å². The van der Waals surface area contributed by atoms with Crippen LogP contribution in [0.15, 0.2) is 47.4 Å². The van der Waals surface area contributed by atoms with Crippen molar-refractivity contribution in [2.75, 3.05) is 4.72 Å². The van der Waals surface area contributed by atoms with Crippen molar-refractivity contribution in [3.8, 4) is 5.75 Å². The summed E-state index contributed by atoms with van der Waals surface area (Å²) in [6.45, 7) is 0. The quantitative estimate of drug-likeness (QED) is 0.509. The molecule has 0 bridgehead atoms. The third kappa shape index (κ3) is 3.23. The van der Waals surface area contributed by atoms with Gasteiger partial charge in [-0.25, -0.2) is 8.42 Å². The Morgan fingerprint density at radius 1 is 1.19 bits per heavy atom. The van der Waals surface area contributed by atoms with Gasteiger partial charge in [0.1, 0.15) is 5.75 Å². The summed E-state index contributed by atoms with van der Waals surface area (Å²) in [7, 11) is -4.11. The van der Waals surface area contributed by atoms with E-state index in [0.717, 1.165) is 12.1 Å². The topological polar surface area (TPSA) is 110 Å². The zero-order valence-corrected chi connectivity index (χ0v) is 11.9. The fourth-order valence-electron chi connectivity index (χ4n) is 1.61. The number of nitro groups is 1. The summed E-state index contributed by atoms with van der Waals surface area (Å²) in [6.07, 6.45) is 0. The molecule has 2 rings (SSSR count). The molecule has 2 aromatic carbocycles. The molecule has 2 aromatic rings. The van der Waals surface area contributed by atoms with E-state index in [1.54, 1.807) is 0 Å². The van der Waals surface area contributed by atoms with Gasteiger partial charge in [-0.2, -0.15) is 0 Å². The lowest BCUT2D eigenvalue weighted by Gasteiger charge is -2.10. The van der Waals surface area contributed by atoms with Crippen molar-refractivity contribution in [2.45, 2.75) is 4.90 Å². The van der Waals surface area contributed by atoms with Crippen molar-refractivity contribution in [3.05, 3.63) is 57.6 Å². The van der Waals surface area contributed by atoms with Crippen LogP contribution >= 0.6 is 11.6 Å². The molecule has 0 saturated heterocycles. The Morgan fingerprint density at radius 2 is 1.86 bits per heavy atom. The monoisotopic (exact) mass is 328 g/mol. The number of anilines is 1. The Kier molecular flexibility index (Phi) is 4.01. The summed E-state index contributed by atoms with van der Waals surface area (Å²) in [5, 5.41) is 20.7. The second-order valence-electron chi connectivity index (χ2n) is 3.99. The highest BCUT2D eigenvalue weighted by atomic mass is 35.5. The summed E-state index contributed by atoms with van der Waals surface area (Å²) in [5.74, 6) is -0.546. The summed E-state index contributed by atoms with van der Waals surface area (Å²) < 4.78 is 26.4. The Hall–Kier alpha value is -2.32. The number of nitrogens with one attached hydrogen (secondary N) is 1. The van der Waals surface area contributed by atoms with Gasteiger partial charge >= 0.3 is 0 Å². The second-order valence-corrected chi connectivity index (χ2v) is 6.11. The Bertz CT molecular complexity index is 807. The van der Waals surface area contributed by atoms with Crippen molar-refractivity contribution in [1.29, 1.82) is 0 Å². The fraction of sp³-hybridized carbons (Fsp3) is 0. The molecule has 21 heavy (non-hydrogen) atoms. The predicted octanol–water partition coefficient (Wildman–Crippen LogP) is 2.75. The lowest BCUT2D eigenvalue weighted by molar-refractivity contribution is -0.383. The molecule has 0 unspecified atom stereocenters. The molecule has 0 amide bonds. The highest BCUT2D eigenvalue weighted by Crippen LogP contribution is 2.34. The van der Waals surface area contributed by atoms with Crippen LogP contribution in [0.25, 0.3) is 0 Å². The Labute approximate surface area is 125 Å². The molecule has 0 aliphatic carbocycles. The van der Waals surface area contributed by atoms with Crippen molar-refractivity contribution in [2.24, 2.45) is 0 Å². The molecule has 0 aromatic heterocycles. The molecular formula is C12H9ClN2O5S. The number of rotatable bonds is 4. The number of para-hydroxylation sites is 1. The van der Waals surface area contributed by atoms with E-state index in [1.165, 1.54) is 30.3 Å². The zero-order chi connectivity index (χ0) is 15.6. The number of sulfonamides is 1. The molecule has 9 heteroatoms. The van der Waals surface area contributed by atoms with Crippen LogP contribution in [0, 0.1) is 10.1 Å². The minimum atomic E-state index is -4.11. The van der Waals surface area contributed by atoms with E-state index in [1.807, 2.05) is 4.72 Å². The second kappa shape index (κ2) is 5.58. The number of hydrogen-bond donors (Lipinski definition) is 2. The highest BCUT2D eigenvalue weighted by molar-refractivity contribution is 7.92. The van der Waals surface area contributed by atoms with Gasteiger partial charge in [0.05, 0.1) is 9.82 Å². The molecule has 0 aliphatic rings. The number of phenols is 1. The predicted molar refractivity (Wildman–Crippen MR) is 77.0 cm³/mol. The molecule has 0 heterocycles. The number of nitro benzene ring substituents is 1. The fourth-order valence-corrected chi connectivity index (χ4v) is 3.00. The van der Waals surface area contributed by atoms with Gasteiger partial charge in [0.2, 0.25) is 0 Å². The number of aromatic hydroxyl groups is 1. The SMILES string of the molecule is O=[N+]([O-])c1cccc(O)c1NS(=O)(=O)c1cccc(Cl)c1. The first-order valence-corrected chi connectivity index (χ1v) is 7.42.